The van der Waals surface area contributed by atoms with Crippen molar-refractivity contribution in [3.8, 4) is 11.5 Å². The van der Waals surface area contributed by atoms with Crippen molar-refractivity contribution >= 4 is 55.4 Å². The van der Waals surface area contributed by atoms with Crippen LogP contribution >= 0.6 is 27.5 Å². The van der Waals surface area contributed by atoms with Crippen LogP contribution in [0.2, 0.25) is 5.02 Å². The van der Waals surface area contributed by atoms with Crippen molar-refractivity contribution in [2.24, 2.45) is 5.10 Å². The van der Waals surface area contributed by atoms with Crippen LogP contribution in [-0.2, 0) is 21.4 Å². The van der Waals surface area contributed by atoms with Crippen LogP contribution < -0.4 is 19.2 Å². The second kappa shape index (κ2) is 12.8. The molecule has 0 aliphatic heterocycles. The van der Waals surface area contributed by atoms with Crippen molar-refractivity contribution < 1.29 is 22.7 Å². The van der Waals surface area contributed by atoms with E-state index in [0.717, 1.165) is 20.6 Å². The lowest BCUT2D eigenvalue weighted by Gasteiger charge is -2.21. The summed E-state index contributed by atoms with van der Waals surface area (Å²) < 4.78 is 37.8. The number of rotatable bonds is 11. The molecule has 190 valence electrons. The average Bonchev–Trinajstić information content (AvgIpc) is 2.82. The molecule has 0 aromatic heterocycles. The highest BCUT2D eigenvalue weighted by molar-refractivity contribution is 9.10. The third-order valence-electron chi connectivity index (χ3n) is 4.76. The van der Waals surface area contributed by atoms with Crippen molar-refractivity contribution in [1.82, 2.24) is 5.43 Å². The van der Waals surface area contributed by atoms with Crippen LogP contribution in [0.5, 0.6) is 11.5 Å². The molecular weight excluding hydrogens is 570 g/mol. The van der Waals surface area contributed by atoms with Crippen molar-refractivity contribution in [3.05, 3.63) is 87.4 Å². The number of halogens is 2. The van der Waals surface area contributed by atoms with Crippen LogP contribution in [0, 0.1) is 0 Å². The highest BCUT2D eigenvalue weighted by Gasteiger charge is 2.20. The van der Waals surface area contributed by atoms with E-state index in [9.17, 15) is 13.2 Å². The first-order valence-electron chi connectivity index (χ1n) is 10.8. The van der Waals surface area contributed by atoms with Gasteiger partial charge in [0.1, 0.15) is 13.2 Å². The summed E-state index contributed by atoms with van der Waals surface area (Å²) in [5, 5.41) is 4.58. The molecule has 1 N–H and O–H groups in total. The SMILES string of the molecule is CCOc1cc(/C=N\NC(=O)CN(c2ccc(Br)cc2)S(C)(=O)=O)ccc1OCc1cccc(Cl)c1. The van der Waals surface area contributed by atoms with E-state index in [0.29, 0.717) is 41.0 Å². The molecule has 0 aliphatic rings. The Bertz CT molecular complexity index is 1330. The van der Waals surface area contributed by atoms with E-state index in [4.69, 9.17) is 21.1 Å². The molecule has 0 saturated heterocycles. The summed E-state index contributed by atoms with van der Waals surface area (Å²) in [5.41, 5.74) is 4.31. The predicted molar refractivity (Wildman–Crippen MR) is 145 cm³/mol. The van der Waals surface area contributed by atoms with Gasteiger partial charge in [0, 0.05) is 9.50 Å². The van der Waals surface area contributed by atoms with Crippen molar-refractivity contribution in [2.75, 3.05) is 23.7 Å². The number of nitrogens with one attached hydrogen (secondary N) is 1. The zero-order chi connectivity index (χ0) is 26.1. The Labute approximate surface area is 224 Å². The number of nitrogens with zero attached hydrogens (tertiary/aromatic N) is 2. The molecular formula is C25H25BrClN3O5S. The van der Waals surface area contributed by atoms with Gasteiger partial charge >= 0.3 is 0 Å². The summed E-state index contributed by atoms with van der Waals surface area (Å²) in [6.45, 7) is 2.19. The van der Waals surface area contributed by atoms with Crippen LogP contribution in [0.25, 0.3) is 0 Å². The summed E-state index contributed by atoms with van der Waals surface area (Å²) in [7, 11) is -3.68. The molecule has 0 bridgehead atoms. The molecule has 0 radical (unpaired) electrons. The zero-order valence-electron chi connectivity index (χ0n) is 19.6. The molecule has 36 heavy (non-hydrogen) atoms. The Morgan fingerprint density at radius 1 is 1.08 bits per heavy atom. The molecule has 1 amide bonds. The van der Waals surface area contributed by atoms with Gasteiger partial charge in [0.05, 0.1) is 24.8 Å². The molecule has 8 nitrogen and oxygen atoms in total. The molecule has 0 aliphatic carbocycles. The number of hydrazone groups is 1. The van der Waals surface area contributed by atoms with E-state index in [1.807, 2.05) is 25.1 Å². The lowest BCUT2D eigenvalue weighted by atomic mass is 10.2. The van der Waals surface area contributed by atoms with Gasteiger partial charge in [-0.25, -0.2) is 13.8 Å². The first-order valence-corrected chi connectivity index (χ1v) is 13.9. The summed E-state index contributed by atoms with van der Waals surface area (Å²) in [6, 6.07) is 19.2. The third kappa shape index (κ3) is 8.25. The Morgan fingerprint density at radius 3 is 2.50 bits per heavy atom. The molecule has 11 heteroatoms. The minimum absolute atomic E-state index is 0.319. The molecule has 0 saturated carbocycles. The van der Waals surface area contributed by atoms with E-state index >= 15 is 0 Å². The zero-order valence-corrected chi connectivity index (χ0v) is 22.8. The van der Waals surface area contributed by atoms with E-state index in [1.54, 1.807) is 48.5 Å². The molecule has 3 aromatic rings. The van der Waals surface area contributed by atoms with Crippen LogP contribution in [0.1, 0.15) is 18.1 Å². The summed E-state index contributed by atoms with van der Waals surface area (Å²) in [5.74, 6) is 0.482. The molecule has 3 aromatic carbocycles. The molecule has 3 rings (SSSR count). The Hall–Kier alpha value is -3.08. The minimum atomic E-state index is -3.68. The maximum absolute atomic E-state index is 12.4. The van der Waals surface area contributed by atoms with Crippen LogP contribution in [0.3, 0.4) is 0 Å². The van der Waals surface area contributed by atoms with Crippen molar-refractivity contribution in [3.63, 3.8) is 0 Å². The van der Waals surface area contributed by atoms with E-state index in [1.165, 1.54) is 6.21 Å². The molecule has 0 heterocycles. The summed E-state index contributed by atoms with van der Waals surface area (Å²) in [4.78, 5) is 12.4. The number of benzene rings is 3. The number of sulfonamides is 1. The second-order valence-corrected chi connectivity index (χ2v) is 10.9. The maximum Gasteiger partial charge on any atom is 0.260 e. The lowest BCUT2D eigenvalue weighted by Crippen LogP contribution is -2.39. The van der Waals surface area contributed by atoms with Crippen molar-refractivity contribution in [1.29, 1.82) is 0 Å². The Balaban J connectivity index is 1.65. The van der Waals surface area contributed by atoms with Gasteiger partial charge in [0.25, 0.3) is 5.91 Å². The normalized spacial score (nSPS) is 11.3. The fourth-order valence-electron chi connectivity index (χ4n) is 3.13. The van der Waals surface area contributed by atoms with Gasteiger partial charge in [-0.3, -0.25) is 9.10 Å². The fraction of sp³-hybridized carbons (Fsp3) is 0.200. The van der Waals surface area contributed by atoms with Gasteiger partial charge in [-0.05, 0) is 72.6 Å². The minimum Gasteiger partial charge on any atom is -0.490 e. The van der Waals surface area contributed by atoms with Gasteiger partial charge in [-0.1, -0.05) is 39.7 Å². The predicted octanol–water partition coefficient (Wildman–Crippen LogP) is 5.00. The molecule has 0 fully saturated rings. The first-order chi connectivity index (χ1) is 17.2. The smallest absolute Gasteiger partial charge is 0.260 e. The highest BCUT2D eigenvalue weighted by Crippen LogP contribution is 2.29. The van der Waals surface area contributed by atoms with Gasteiger partial charge in [-0.15, -0.1) is 0 Å². The Morgan fingerprint density at radius 2 is 1.83 bits per heavy atom. The van der Waals surface area contributed by atoms with E-state index in [-0.39, 0.29) is 0 Å². The van der Waals surface area contributed by atoms with Gasteiger partial charge in [0.2, 0.25) is 10.0 Å². The quantitative estimate of drug-likeness (QED) is 0.249. The van der Waals surface area contributed by atoms with Crippen molar-refractivity contribution in [2.45, 2.75) is 13.5 Å². The summed E-state index contributed by atoms with van der Waals surface area (Å²) >= 11 is 9.33. The largest absolute Gasteiger partial charge is 0.490 e. The lowest BCUT2D eigenvalue weighted by molar-refractivity contribution is -0.119. The first kappa shape index (κ1) is 27.5. The van der Waals surface area contributed by atoms with Crippen LogP contribution in [-0.4, -0.2) is 39.9 Å². The summed E-state index contributed by atoms with van der Waals surface area (Å²) in [6.07, 6.45) is 2.47. The highest BCUT2D eigenvalue weighted by atomic mass is 79.9. The number of ether oxygens (including phenoxy) is 2. The van der Waals surface area contributed by atoms with Gasteiger partial charge in [-0.2, -0.15) is 5.10 Å². The topological polar surface area (TPSA) is 97.3 Å². The van der Waals surface area contributed by atoms with Crippen LogP contribution in [0.15, 0.2) is 76.3 Å². The number of amides is 1. The second-order valence-electron chi connectivity index (χ2n) is 7.60. The molecule has 0 atom stereocenters. The van der Waals surface area contributed by atoms with E-state index in [2.05, 4.69) is 26.5 Å². The van der Waals surface area contributed by atoms with Crippen LogP contribution in [0.4, 0.5) is 5.69 Å². The monoisotopic (exact) mass is 593 g/mol. The standard InChI is InChI=1S/C25H25BrClN3O5S/c1-3-34-24-14-18(7-12-23(24)35-17-19-5-4-6-21(27)13-19)15-28-29-25(31)16-30(36(2,32)33)22-10-8-20(26)9-11-22/h4-15H,3,16-17H2,1-2H3,(H,29,31)/b28-15-. The average molecular weight is 595 g/mol. The number of hydrogen-bond donors (Lipinski definition) is 1. The third-order valence-corrected chi connectivity index (χ3v) is 6.66. The molecule has 0 unspecified atom stereocenters. The number of anilines is 1. The number of hydrogen-bond acceptors (Lipinski definition) is 6. The Kier molecular flexibility index (Phi) is 9.74. The maximum atomic E-state index is 12.4. The molecule has 0 spiro atoms. The number of carbonyl (C=O) groups is 1. The van der Waals surface area contributed by atoms with Gasteiger partial charge in [0.15, 0.2) is 11.5 Å². The number of carbonyl (C=O) groups excluding carboxylic acids is 1. The fourth-order valence-corrected chi connectivity index (χ4v) is 4.47. The van der Waals surface area contributed by atoms with E-state index < -0.39 is 22.5 Å². The van der Waals surface area contributed by atoms with Gasteiger partial charge < -0.3 is 9.47 Å².